The second kappa shape index (κ2) is 9.74. The maximum atomic E-state index is 12.3. The number of carbonyl (C=O) groups excluding carboxylic acids is 2. The van der Waals surface area contributed by atoms with Gasteiger partial charge >= 0.3 is 5.97 Å². The lowest BCUT2D eigenvalue weighted by atomic mass is 10.1. The van der Waals surface area contributed by atoms with Crippen molar-refractivity contribution in [2.45, 2.75) is 12.5 Å². The second-order valence-electron chi connectivity index (χ2n) is 5.49. The van der Waals surface area contributed by atoms with E-state index in [0.717, 1.165) is 5.56 Å². The van der Waals surface area contributed by atoms with Gasteiger partial charge in [-0.3, -0.25) is 9.78 Å². The fourth-order valence-electron chi connectivity index (χ4n) is 2.28. The van der Waals surface area contributed by atoms with Crippen molar-refractivity contribution in [2.24, 2.45) is 0 Å². The average molecular weight is 378 g/mol. The Morgan fingerprint density at radius 3 is 2.65 bits per heavy atom. The standard InChI is InChI=1S/C18H20ClN3O4/c1-26-18(25)14-3-2-4-15(17(14)21-11-13(23)10-19)22-16(24)9-12-5-7-20-8-6-12/h2-8,13,21,23H,9-11H2,1H3,(H,22,24). The Kier molecular flexibility index (Phi) is 7.37. The van der Waals surface area contributed by atoms with E-state index in [1.54, 1.807) is 42.7 Å². The van der Waals surface area contributed by atoms with Gasteiger partial charge in [0.1, 0.15) is 0 Å². The van der Waals surface area contributed by atoms with Gasteiger partial charge < -0.3 is 20.5 Å². The van der Waals surface area contributed by atoms with E-state index in [9.17, 15) is 14.7 Å². The van der Waals surface area contributed by atoms with E-state index in [1.165, 1.54) is 7.11 Å². The van der Waals surface area contributed by atoms with Crippen molar-refractivity contribution < 1.29 is 19.4 Å². The number of benzene rings is 1. The number of aliphatic hydroxyl groups excluding tert-OH is 1. The minimum Gasteiger partial charge on any atom is -0.465 e. The lowest BCUT2D eigenvalue weighted by Gasteiger charge is -2.17. The first-order chi connectivity index (χ1) is 12.5. The van der Waals surface area contributed by atoms with Crippen molar-refractivity contribution in [3.63, 3.8) is 0 Å². The number of para-hydroxylation sites is 1. The van der Waals surface area contributed by atoms with Gasteiger partial charge in [0.25, 0.3) is 0 Å². The number of nitrogens with one attached hydrogen (secondary N) is 2. The normalized spacial score (nSPS) is 11.5. The summed E-state index contributed by atoms with van der Waals surface area (Å²) in [5.74, 6) is -0.769. The quantitative estimate of drug-likeness (QED) is 0.481. The molecule has 1 atom stereocenters. The van der Waals surface area contributed by atoms with Gasteiger partial charge in [0.2, 0.25) is 5.91 Å². The van der Waals surface area contributed by atoms with Crippen LogP contribution in [0.5, 0.6) is 0 Å². The van der Waals surface area contributed by atoms with Gasteiger partial charge in [-0.1, -0.05) is 6.07 Å². The molecule has 1 aromatic heterocycles. The molecule has 0 saturated heterocycles. The van der Waals surface area contributed by atoms with Crippen LogP contribution in [0.3, 0.4) is 0 Å². The second-order valence-corrected chi connectivity index (χ2v) is 5.80. The summed E-state index contributed by atoms with van der Waals surface area (Å²) in [5, 5.41) is 15.4. The number of esters is 1. The number of rotatable bonds is 8. The maximum Gasteiger partial charge on any atom is 0.340 e. The number of pyridine rings is 1. The van der Waals surface area contributed by atoms with E-state index in [4.69, 9.17) is 16.3 Å². The van der Waals surface area contributed by atoms with Gasteiger partial charge in [0.15, 0.2) is 0 Å². The van der Waals surface area contributed by atoms with E-state index in [0.29, 0.717) is 11.4 Å². The monoisotopic (exact) mass is 377 g/mol. The van der Waals surface area contributed by atoms with Crippen molar-refractivity contribution in [3.8, 4) is 0 Å². The molecule has 0 aliphatic carbocycles. The van der Waals surface area contributed by atoms with Crippen molar-refractivity contribution in [3.05, 3.63) is 53.9 Å². The third kappa shape index (κ3) is 5.44. The molecule has 138 valence electrons. The first kappa shape index (κ1) is 19.7. The van der Waals surface area contributed by atoms with Gasteiger partial charge in [0.05, 0.1) is 42.5 Å². The molecule has 2 aromatic rings. The summed E-state index contributed by atoms with van der Waals surface area (Å²) >= 11 is 5.61. The van der Waals surface area contributed by atoms with E-state index >= 15 is 0 Å². The zero-order chi connectivity index (χ0) is 18.9. The Labute approximate surface area is 156 Å². The number of anilines is 2. The highest BCUT2D eigenvalue weighted by Gasteiger charge is 2.17. The maximum absolute atomic E-state index is 12.3. The molecule has 26 heavy (non-hydrogen) atoms. The van der Waals surface area contributed by atoms with Gasteiger partial charge in [-0.05, 0) is 29.8 Å². The summed E-state index contributed by atoms with van der Waals surface area (Å²) in [7, 11) is 1.27. The Morgan fingerprint density at radius 2 is 2.00 bits per heavy atom. The summed E-state index contributed by atoms with van der Waals surface area (Å²) in [6.07, 6.45) is 2.58. The lowest BCUT2D eigenvalue weighted by Crippen LogP contribution is -2.23. The number of ether oxygens (including phenoxy) is 1. The van der Waals surface area contributed by atoms with Gasteiger partial charge in [-0.15, -0.1) is 11.6 Å². The molecular weight excluding hydrogens is 358 g/mol. The Hall–Kier alpha value is -2.64. The number of aliphatic hydroxyl groups is 1. The molecule has 0 bridgehead atoms. The van der Waals surface area contributed by atoms with Crippen LogP contribution in [0.25, 0.3) is 0 Å². The number of aromatic nitrogens is 1. The number of halogens is 1. The minimum atomic E-state index is -0.803. The molecule has 1 aromatic carbocycles. The number of hydrogen-bond acceptors (Lipinski definition) is 6. The van der Waals surface area contributed by atoms with Crippen molar-refractivity contribution in [1.82, 2.24) is 4.98 Å². The SMILES string of the molecule is COC(=O)c1cccc(NC(=O)Cc2ccncc2)c1NCC(O)CCl. The Balaban J connectivity index is 2.22. The van der Waals surface area contributed by atoms with Crippen LogP contribution in [0.2, 0.25) is 0 Å². The molecule has 0 spiro atoms. The highest BCUT2D eigenvalue weighted by atomic mass is 35.5. The third-order valence-electron chi connectivity index (χ3n) is 3.55. The highest BCUT2D eigenvalue weighted by Crippen LogP contribution is 2.27. The van der Waals surface area contributed by atoms with E-state index in [1.807, 2.05) is 0 Å². The van der Waals surface area contributed by atoms with E-state index in [-0.39, 0.29) is 30.3 Å². The van der Waals surface area contributed by atoms with Crippen molar-refractivity contribution in [2.75, 3.05) is 30.2 Å². The van der Waals surface area contributed by atoms with Crippen molar-refractivity contribution >= 4 is 34.9 Å². The van der Waals surface area contributed by atoms with Crippen LogP contribution in [0, 0.1) is 0 Å². The number of amides is 1. The fraction of sp³-hybridized carbons (Fsp3) is 0.278. The summed E-state index contributed by atoms with van der Waals surface area (Å²) in [6, 6.07) is 8.37. The molecule has 1 heterocycles. The average Bonchev–Trinajstić information content (AvgIpc) is 2.66. The van der Waals surface area contributed by atoms with Crippen LogP contribution in [-0.4, -0.2) is 47.6 Å². The number of alkyl halides is 1. The van der Waals surface area contributed by atoms with Crippen LogP contribution in [-0.2, 0) is 16.0 Å². The van der Waals surface area contributed by atoms with Crippen LogP contribution >= 0.6 is 11.6 Å². The Bertz CT molecular complexity index is 755. The Morgan fingerprint density at radius 1 is 1.27 bits per heavy atom. The summed E-state index contributed by atoms with van der Waals surface area (Å²) in [6.45, 7) is 0.116. The van der Waals surface area contributed by atoms with Gasteiger partial charge in [-0.25, -0.2) is 4.79 Å². The summed E-state index contributed by atoms with van der Waals surface area (Å²) in [4.78, 5) is 28.3. The van der Waals surface area contributed by atoms with E-state index < -0.39 is 12.1 Å². The molecule has 2 rings (SSSR count). The van der Waals surface area contributed by atoms with Crippen LogP contribution in [0.4, 0.5) is 11.4 Å². The van der Waals surface area contributed by atoms with Crippen molar-refractivity contribution in [1.29, 1.82) is 0 Å². The zero-order valence-electron chi connectivity index (χ0n) is 14.2. The first-order valence-electron chi connectivity index (χ1n) is 7.93. The molecule has 0 fully saturated rings. The number of methoxy groups -OCH3 is 1. The zero-order valence-corrected chi connectivity index (χ0v) is 15.0. The fourth-order valence-corrected chi connectivity index (χ4v) is 2.39. The topological polar surface area (TPSA) is 101 Å². The number of nitrogens with zero attached hydrogens (tertiary/aromatic N) is 1. The predicted octanol–water partition coefficient (Wildman–Crippen LogP) is 2.06. The molecule has 1 unspecified atom stereocenters. The van der Waals surface area contributed by atoms with Gasteiger partial charge in [-0.2, -0.15) is 0 Å². The summed E-state index contributed by atoms with van der Waals surface area (Å²) in [5.41, 5.74) is 1.84. The predicted molar refractivity (Wildman–Crippen MR) is 99.6 cm³/mol. The number of carbonyl (C=O) groups is 2. The third-order valence-corrected chi connectivity index (χ3v) is 3.91. The minimum absolute atomic E-state index is 0.0388. The molecule has 0 radical (unpaired) electrons. The van der Waals surface area contributed by atoms with Gasteiger partial charge in [0, 0.05) is 18.9 Å². The van der Waals surface area contributed by atoms with Crippen LogP contribution in [0.1, 0.15) is 15.9 Å². The molecular formula is C18H20ClN3O4. The molecule has 0 aliphatic heterocycles. The van der Waals surface area contributed by atoms with E-state index in [2.05, 4.69) is 15.6 Å². The molecule has 1 amide bonds. The smallest absolute Gasteiger partial charge is 0.340 e. The number of hydrogen-bond donors (Lipinski definition) is 3. The molecule has 0 saturated carbocycles. The molecule has 0 aliphatic rings. The largest absolute Gasteiger partial charge is 0.465 e. The molecule has 7 nitrogen and oxygen atoms in total. The van der Waals surface area contributed by atoms with Crippen LogP contribution in [0.15, 0.2) is 42.7 Å². The molecule has 3 N–H and O–H groups in total. The highest BCUT2D eigenvalue weighted by molar-refractivity contribution is 6.18. The lowest BCUT2D eigenvalue weighted by molar-refractivity contribution is -0.115. The molecule has 8 heteroatoms. The summed E-state index contributed by atoms with van der Waals surface area (Å²) < 4.78 is 4.78. The first-order valence-corrected chi connectivity index (χ1v) is 8.46. The van der Waals surface area contributed by atoms with Crippen LogP contribution < -0.4 is 10.6 Å².